The molecule has 1 heterocycles. The Hall–Kier alpha value is -1.52. The maximum absolute atomic E-state index is 10.7. The summed E-state index contributed by atoms with van der Waals surface area (Å²) in [4.78, 5) is 2.13. The second kappa shape index (κ2) is 6.08. The van der Waals surface area contributed by atoms with Gasteiger partial charge in [0, 0.05) is 9.75 Å². The predicted octanol–water partition coefficient (Wildman–Crippen LogP) is 4.14. The van der Waals surface area contributed by atoms with Gasteiger partial charge in [0.2, 0.25) is 0 Å². The summed E-state index contributed by atoms with van der Waals surface area (Å²) in [5, 5.41) is 10.7. The second-order valence-corrected chi connectivity index (χ2v) is 7.05. The molecule has 4 heteroatoms. The third-order valence-electron chi connectivity index (χ3n) is 3.37. The molecule has 0 saturated heterocycles. The number of ether oxygens (including phenoxy) is 2. The Morgan fingerprint density at radius 2 is 1.57 bits per heavy atom. The van der Waals surface area contributed by atoms with Crippen LogP contribution in [0.3, 0.4) is 0 Å². The van der Waals surface area contributed by atoms with Gasteiger partial charge in [-0.05, 0) is 29.7 Å². The molecule has 114 valence electrons. The van der Waals surface area contributed by atoms with E-state index in [1.54, 1.807) is 25.6 Å². The summed E-state index contributed by atoms with van der Waals surface area (Å²) < 4.78 is 10.7. The van der Waals surface area contributed by atoms with Crippen molar-refractivity contribution >= 4 is 11.3 Å². The molecule has 1 N–H and O–H groups in total. The first kappa shape index (κ1) is 15.9. The minimum Gasteiger partial charge on any atom is -0.496 e. The molecular formula is C17H22O3S. The number of aliphatic hydroxyl groups excluding tert-OH is 1. The van der Waals surface area contributed by atoms with Crippen LogP contribution >= 0.6 is 11.3 Å². The van der Waals surface area contributed by atoms with Crippen molar-refractivity contribution in [2.45, 2.75) is 32.3 Å². The largest absolute Gasteiger partial charge is 0.496 e. The molecular weight excluding hydrogens is 284 g/mol. The van der Waals surface area contributed by atoms with Gasteiger partial charge in [-0.2, -0.15) is 0 Å². The molecule has 0 spiro atoms. The van der Waals surface area contributed by atoms with E-state index in [0.29, 0.717) is 17.1 Å². The maximum atomic E-state index is 10.7. The molecule has 1 unspecified atom stereocenters. The highest BCUT2D eigenvalue weighted by Crippen LogP contribution is 2.41. The maximum Gasteiger partial charge on any atom is 0.128 e. The fraction of sp³-hybridized carbons (Fsp3) is 0.412. The number of rotatable bonds is 4. The van der Waals surface area contributed by atoms with E-state index in [2.05, 4.69) is 26.8 Å². The lowest BCUT2D eigenvalue weighted by molar-refractivity contribution is 0.212. The smallest absolute Gasteiger partial charge is 0.128 e. The van der Waals surface area contributed by atoms with E-state index in [4.69, 9.17) is 9.47 Å². The number of methoxy groups -OCH3 is 2. The minimum absolute atomic E-state index is 0.0769. The minimum atomic E-state index is -0.753. The van der Waals surface area contributed by atoms with Gasteiger partial charge in [-0.3, -0.25) is 0 Å². The van der Waals surface area contributed by atoms with E-state index in [-0.39, 0.29) is 5.41 Å². The van der Waals surface area contributed by atoms with Crippen LogP contribution < -0.4 is 9.47 Å². The van der Waals surface area contributed by atoms with Crippen molar-refractivity contribution in [2.75, 3.05) is 14.2 Å². The molecule has 1 aromatic heterocycles. The van der Waals surface area contributed by atoms with E-state index < -0.39 is 6.10 Å². The van der Waals surface area contributed by atoms with Crippen LogP contribution in [0.1, 0.15) is 42.2 Å². The number of hydrogen-bond donors (Lipinski definition) is 1. The zero-order chi connectivity index (χ0) is 15.6. The summed E-state index contributed by atoms with van der Waals surface area (Å²) in [5.74, 6) is 1.26. The molecule has 0 radical (unpaired) electrons. The van der Waals surface area contributed by atoms with E-state index in [1.807, 2.05) is 24.3 Å². The highest BCUT2D eigenvalue weighted by molar-refractivity contribution is 7.12. The van der Waals surface area contributed by atoms with Gasteiger partial charge in [-0.1, -0.05) is 26.8 Å². The van der Waals surface area contributed by atoms with Crippen molar-refractivity contribution in [1.29, 1.82) is 0 Å². The molecule has 0 aliphatic carbocycles. The van der Waals surface area contributed by atoms with Gasteiger partial charge in [0.25, 0.3) is 0 Å². The van der Waals surface area contributed by atoms with Crippen LogP contribution in [0.2, 0.25) is 0 Å². The summed E-state index contributed by atoms with van der Waals surface area (Å²) in [6, 6.07) is 9.56. The molecule has 0 fully saturated rings. The molecule has 0 saturated carbocycles. The van der Waals surface area contributed by atoms with Crippen LogP contribution in [0.5, 0.6) is 11.5 Å². The summed E-state index contributed by atoms with van der Waals surface area (Å²) >= 11 is 1.62. The number of aliphatic hydroxyl groups is 1. The second-order valence-electron chi connectivity index (χ2n) is 5.93. The average molecular weight is 306 g/mol. The summed E-state index contributed by atoms with van der Waals surface area (Å²) in [5.41, 5.74) is 0.748. The molecule has 0 amide bonds. The third-order valence-corrected chi connectivity index (χ3v) is 4.94. The van der Waals surface area contributed by atoms with Gasteiger partial charge in [0.15, 0.2) is 0 Å². The van der Waals surface area contributed by atoms with Crippen molar-refractivity contribution < 1.29 is 14.6 Å². The monoisotopic (exact) mass is 306 g/mol. The van der Waals surface area contributed by atoms with Crippen LogP contribution in [-0.4, -0.2) is 19.3 Å². The highest BCUT2D eigenvalue weighted by atomic mass is 32.1. The van der Waals surface area contributed by atoms with Crippen molar-refractivity contribution in [3.8, 4) is 11.5 Å². The van der Waals surface area contributed by atoms with Gasteiger partial charge >= 0.3 is 0 Å². The molecule has 2 aromatic rings. The number of thiophene rings is 1. The van der Waals surface area contributed by atoms with Gasteiger partial charge in [-0.25, -0.2) is 0 Å². The summed E-state index contributed by atoms with van der Waals surface area (Å²) in [6.45, 7) is 6.50. The van der Waals surface area contributed by atoms with Crippen LogP contribution in [0, 0.1) is 0 Å². The lowest BCUT2D eigenvalue weighted by atomic mass is 9.95. The molecule has 1 aromatic carbocycles. The van der Waals surface area contributed by atoms with Crippen molar-refractivity contribution in [3.63, 3.8) is 0 Å². The predicted molar refractivity (Wildman–Crippen MR) is 86.6 cm³/mol. The Morgan fingerprint density at radius 1 is 1.00 bits per heavy atom. The molecule has 0 aliphatic heterocycles. The molecule has 1 atom stereocenters. The van der Waals surface area contributed by atoms with Crippen molar-refractivity contribution in [3.05, 3.63) is 45.6 Å². The topological polar surface area (TPSA) is 38.7 Å². The summed E-state index contributed by atoms with van der Waals surface area (Å²) in [6.07, 6.45) is -0.753. The first-order valence-corrected chi connectivity index (χ1v) is 7.69. The molecule has 3 nitrogen and oxygen atoms in total. The fourth-order valence-corrected chi connectivity index (χ4v) is 3.26. The lowest BCUT2D eigenvalue weighted by Crippen LogP contribution is -2.08. The Labute approximate surface area is 130 Å². The zero-order valence-corrected chi connectivity index (χ0v) is 14.0. The number of hydrogen-bond acceptors (Lipinski definition) is 4. The van der Waals surface area contributed by atoms with Crippen molar-refractivity contribution in [1.82, 2.24) is 0 Å². The highest BCUT2D eigenvalue weighted by Gasteiger charge is 2.24. The van der Waals surface area contributed by atoms with Crippen molar-refractivity contribution in [2.24, 2.45) is 0 Å². The van der Waals surface area contributed by atoms with Gasteiger partial charge in [0.1, 0.15) is 17.6 Å². The van der Waals surface area contributed by atoms with Gasteiger partial charge in [0.05, 0.1) is 19.8 Å². The standard InChI is InChI=1S/C17H22O3S/c1-17(2,3)14-10-9-13(21-14)16(18)15-11(19-4)7-6-8-12(15)20-5/h6-10,16,18H,1-5H3. The van der Waals surface area contributed by atoms with E-state index in [9.17, 15) is 5.11 Å². The Balaban J connectivity index is 2.45. The van der Waals surface area contributed by atoms with E-state index in [1.165, 1.54) is 4.88 Å². The van der Waals surface area contributed by atoms with E-state index in [0.717, 1.165) is 4.88 Å². The molecule has 0 bridgehead atoms. The Morgan fingerprint density at radius 3 is 2.00 bits per heavy atom. The fourth-order valence-electron chi connectivity index (χ4n) is 2.19. The SMILES string of the molecule is COc1cccc(OC)c1C(O)c1ccc(C(C)(C)C)s1. The lowest BCUT2D eigenvalue weighted by Gasteiger charge is -2.18. The normalized spacial score (nSPS) is 13.0. The van der Waals surface area contributed by atoms with Gasteiger partial charge in [-0.15, -0.1) is 11.3 Å². The molecule has 2 rings (SSSR count). The quantitative estimate of drug-likeness (QED) is 0.922. The average Bonchev–Trinajstić information content (AvgIpc) is 2.95. The zero-order valence-electron chi connectivity index (χ0n) is 13.1. The first-order valence-electron chi connectivity index (χ1n) is 6.87. The Bertz CT molecular complexity index is 588. The molecule has 0 aliphatic rings. The number of benzene rings is 1. The molecule has 21 heavy (non-hydrogen) atoms. The Kier molecular flexibility index (Phi) is 4.59. The summed E-state index contributed by atoms with van der Waals surface area (Å²) in [7, 11) is 3.19. The first-order chi connectivity index (χ1) is 9.88. The van der Waals surface area contributed by atoms with Crippen LogP contribution in [0.4, 0.5) is 0 Å². The van der Waals surface area contributed by atoms with E-state index >= 15 is 0 Å². The van der Waals surface area contributed by atoms with Gasteiger partial charge < -0.3 is 14.6 Å². The van der Waals surface area contributed by atoms with Crippen LogP contribution in [-0.2, 0) is 5.41 Å². The van der Waals surface area contributed by atoms with Crippen LogP contribution in [0.15, 0.2) is 30.3 Å². The van der Waals surface area contributed by atoms with Crippen LogP contribution in [0.25, 0.3) is 0 Å². The third kappa shape index (κ3) is 3.22.